The second-order valence-electron chi connectivity index (χ2n) is 9.60. The molecule has 2 heterocycles. The fraction of sp³-hybridized carbons (Fsp3) is 0.640. The average Bonchev–Trinajstić information content (AvgIpc) is 3.21. The van der Waals surface area contributed by atoms with Gasteiger partial charge in [0, 0.05) is 50.3 Å². The third-order valence-corrected chi connectivity index (χ3v) is 7.33. The van der Waals surface area contributed by atoms with Gasteiger partial charge in [0.15, 0.2) is 0 Å². The van der Waals surface area contributed by atoms with Crippen LogP contribution in [-0.2, 0) is 11.4 Å². The monoisotopic (exact) mass is 472 g/mol. The molecule has 0 unspecified atom stereocenters. The van der Waals surface area contributed by atoms with Crippen molar-refractivity contribution in [2.75, 3.05) is 39.9 Å². The summed E-state index contributed by atoms with van der Waals surface area (Å²) in [7, 11) is 1.69. The number of amides is 1. The number of rotatable bonds is 9. The number of fused-ring (bicyclic) bond motifs is 1. The van der Waals surface area contributed by atoms with Gasteiger partial charge in [-0.15, -0.1) is 10.1 Å². The van der Waals surface area contributed by atoms with Crippen molar-refractivity contribution in [3.05, 3.63) is 40.1 Å². The van der Waals surface area contributed by atoms with E-state index in [1.54, 1.807) is 7.11 Å². The quantitative estimate of drug-likeness (QED) is 0.312. The zero-order chi connectivity index (χ0) is 24.1. The summed E-state index contributed by atoms with van der Waals surface area (Å²) in [6.07, 6.45) is 9.00. The zero-order valence-corrected chi connectivity index (χ0v) is 20.3. The minimum Gasteiger partial charge on any atom is -0.495 e. The highest BCUT2D eigenvalue weighted by atomic mass is 16.9. The van der Waals surface area contributed by atoms with Crippen molar-refractivity contribution in [2.45, 2.75) is 58.0 Å². The molecule has 0 spiro atoms. The van der Waals surface area contributed by atoms with Gasteiger partial charge in [0.1, 0.15) is 5.75 Å². The largest absolute Gasteiger partial charge is 0.495 e. The summed E-state index contributed by atoms with van der Waals surface area (Å²) in [4.78, 5) is 32.6. The number of nitrogens with zero attached hydrogens (tertiary/aromatic N) is 4. The van der Waals surface area contributed by atoms with Gasteiger partial charge in [-0.25, -0.2) is 0 Å². The number of piperazine rings is 1. The third-order valence-electron chi connectivity index (χ3n) is 7.33. The molecule has 0 N–H and O–H groups in total. The van der Waals surface area contributed by atoms with Crippen molar-refractivity contribution in [3.63, 3.8) is 0 Å². The number of benzene rings is 1. The highest BCUT2D eigenvalue weighted by Crippen LogP contribution is 2.33. The van der Waals surface area contributed by atoms with Gasteiger partial charge in [-0.1, -0.05) is 31.4 Å². The van der Waals surface area contributed by atoms with Crippen LogP contribution in [0.2, 0.25) is 0 Å². The van der Waals surface area contributed by atoms with Gasteiger partial charge in [-0.3, -0.25) is 9.69 Å². The molecule has 2 aromatic rings. The Bertz CT molecular complexity index is 1000. The van der Waals surface area contributed by atoms with Crippen molar-refractivity contribution in [2.24, 2.45) is 5.92 Å². The molecular formula is C25H36N4O5. The van der Waals surface area contributed by atoms with Crippen molar-refractivity contribution >= 4 is 16.8 Å². The van der Waals surface area contributed by atoms with Crippen LogP contribution in [0.1, 0.15) is 55.8 Å². The van der Waals surface area contributed by atoms with Crippen molar-refractivity contribution < 1.29 is 19.5 Å². The van der Waals surface area contributed by atoms with E-state index < -0.39 is 5.09 Å². The molecule has 2 fully saturated rings. The van der Waals surface area contributed by atoms with Gasteiger partial charge in [0.2, 0.25) is 0 Å². The number of carbonyl (C=O) groups excluding carboxylic acids is 1. The number of aromatic nitrogens is 1. The molecule has 9 nitrogen and oxygen atoms in total. The van der Waals surface area contributed by atoms with Crippen LogP contribution >= 0.6 is 0 Å². The topological polar surface area (TPSA) is 90.1 Å². The Kier molecular flexibility index (Phi) is 7.92. The van der Waals surface area contributed by atoms with Crippen molar-refractivity contribution in [1.82, 2.24) is 14.4 Å². The van der Waals surface area contributed by atoms with E-state index in [9.17, 15) is 14.9 Å². The van der Waals surface area contributed by atoms with Crippen molar-refractivity contribution in [3.8, 4) is 5.75 Å². The molecule has 1 saturated carbocycles. The SMILES string of the molecule is COc1cccc2c(C(=O)N3CCN(CCCO[N+](=O)[O-])[C@H](C)C3)cn(CC3CCCCC3)c12. The molecule has 1 amide bonds. The van der Waals surface area contributed by atoms with Crippen LogP contribution in [0.15, 0.2) is 24.4 Å². The number of methoxy groups -OCH3 is 1. The number of ether oxygens (including phenoxy) is 1. The standard InChI is InChI=1S/C25H36N4O5/c1-19-16-27(14-13-26(19)12-7-15-34-29(31)32)25(30)22-18-28(17-20-8-4-3-5-9-20)24-21(22)10-6-11-23(24)33-2/h6,10-11,18-20H,3-5,7-9,12-17H2,1-2H3/t19-/m1/s1. The lowest BCUT2D eigenvalue weighted by atomic mass is 9.89. The van der Waals surface area contributed by atoms with Crippen LogP contribution in [-0.4, -0.2) is 71.3 Å². The van der Waals surface area contributed by atoms with Crippen LogP contribution in [0.25, 0.3) is 10.9 Å². The molecule has 1 aromatic carbocycles. The Morgan fingerprint density at radius 1 is 1.21 bits per heavy atom. The van der Waals surface area contributed by atoms with Gasteiger partial charge < -0.3 is 19.0 Å². The lowest BCUT2D eigenvalue weighted by molar-refractivity contribution is -0.757. The Morgan fingerprint density at radius 2 is 2.00 bits per heavy atom. The summed E-state index contributed by atoms with van der Waals surface area (Å²) in [6, 6.07) is 6.13. The maximum absolute atomic E-state index is 13.7. The fourth-order valence-corrected chi connectivity index (χ4v) is 5.54. The first kappa shape index (κ1) is 24.3. The molecule has 1 aliphatic carbocycles. The van der Waals surface area contributed by atoms with E-state index in [0.29, 0.717) is 25.4 Å². The maximum Gasteiger partial charge on any atom is 0.294 e. The second kappa shape index (κ2) is 11.1. The molecule has 4 rings (SSSR count). The predicted octanol–water partition coefficient (Wildman–Crippen LogP) is 3.97. The minimum atomic E-state index is -0.750. The summed E-state index contributed by atoms with van der Waals surface area (Å²) in [5.41, 5.74) is 1.75. The van der Waals surface area contributed by atoms with Gasteiger partial charge >= 0.3 is 0 Å². The molecular weight excluding hydrogens is 436 g/mol. The molecule has 0 bridgehead atoms. The Morgan fingerprint density at radius 3 is 2.71 bits per heavy atom. The third kappa shape index (κ3) is 5.46. The lowest BCUT2D eigenvalue weighted by Gasteiger charge is -2.39. The van der Waals surface area contributed by atoms with E-state index in [0.717, 1.165) is 41.9 Å². The molecule has 186 valence electrons. The molecule has 9 heteroatoms. The minimum absolute atomic E-state index is 0.0591. The molecule has 1 aromatic heterocycles. The van der Waals surface area contributed by atoms with E-state index in [1.165, 1.54) is 32.1 Å². The van der Waals surface area contributed by atoms with Gasteiger partial charge in [-0.2, -0.15) is 0 Å². The number of carbonyl (C=O) groups is 1. The summed E-state index contributed by atoms with van der Waals surface area (Å²) in [5.74, 6) is 1.51. The van der Waals surface area contributed by atoms with E-state index in [2.05, 4.69) is 21.2 Å². The normalized spacial score (nSPS) is 19.9. The van der Waals surface area contributed by atoms with Gasteiger partial charge in [0.05, 0.1) is 24.8 Å². The van der Waals surface area contributed by atoms with Gasteiger partial charge in [0.25, 0.3) is 11.0 Å². The first-order valence-corrected chi connectivity index (χ1v) is 12.4. The van der Waals surface area contributed by atoms with E-state index in [4.69, 9.17) is 4.74 Å². The van der Waals surface area contributed by atoms with Crippen LogP contribution in [0.5, 0.6) is 5.75 Å². The van der Waals surface area contributed by atoms with E-state index in [-0.39, 0.29) is 18.6 Å². The van der Waals surface area contributed by atoms with Crippen molar-refractivity contribution in [1.29, 1.82) is 0 Å². The second-order valence-corrected chi connectivity index (χ2v) is 9.60. The molecule has 1 aliphatic heterocycles. The smallest absolute Gasteiger partial charge is 0.294 e. The molecule has 2 aliphatic rings. The Balaban J connectivity index is 1.48. The predicted molar refractivity (Wildman–Crippen MR) is 130 cm³/mol. The zero-order valence-electron chi connectivity index (χ0n) is 20.3. The first-order valence-electron chi connectivity index (χ1n) is 12.4. The maximum atomic E-state index is 13.7. The van der Waals surface area contributed by atoms with Crippen LogP contribution in [0, 0.1) is 16.0 Å². The van der Waals surface area contributed by atoms with Gasteiger partial charge in [-0.05, 0) is 38.2 Å². The summed E-state index contributed by atoms with van der Waals surface area (Å²) in [6.45, 7) is 5.85. The van der Waals surface area contributed by atoms with Crippen LogP contribution in [0.4, 0.5) is 0 Å². The molecule has 1 atom stereocenters. The average molecular weight is 473 g/mol. The van der Waals surface area contributed by atoms with E-state index in [1.807, 2.05) is 29.3 Å². The van der Waals surface area contributed by atoms with E-state index >= 15 is 0 Å². The Labute approximate surface area is 200 Å². The fourth-order valence-electron chi connectivity index (χ4n) is 5.54. The number of para-hydroxylation sites is 1. The number of hydrogen-bond acceptors (Lipinski definition) is 6. The first-order chi connectivity index (χ1) is 16.5. The Hall–Kier alpha value is -2.81. The van der Waals surface area contributed by atoms with Crippen LogP contribution < -0.4 is 4.74 Å². The lowest BCUT2D eigenvalue weighted by Crippen LogP contribution is -2.53. The highest BCUT2D eigenvalue weighted by molar-refractivity contribution is 6.08. The summed E-state index contributed by atoms with van der Waals surface area (Å²) >= 11 is 0. The summed E-state index contributed by atoms with van der Waals surface area (Å²) < 4.78 is 7.93. The molecule has 0 radical (unpaired) electrons. The molecule has 34 heavy (non-hydrogen) atoms. The number of hydrogen-bond donors (Lipinski definition) is 0. The van der Waals surface area contributed by atoms with Crippen LogP contribution in [0.3, 0.4) is 0 Å². The summed E-state index contributed by atoms with van der Waals surface area (Å²) in [5, 5.41) is 10.5. The molecule has 1 saturated heterocycles. The highest BCUT2D eigenvalue weighted by Gasteiger charge is 2.29.